The van der Waals surface area contributed by atoms with E-state index in [2.05, 4.69) is 17.0 Å². The second kappa shape index (κ2) is 9.79. The number of hydrogen-bond donors (Lipinski definition) is 0. The van der Waals surface area contributed by atoms with E-state index in [9.17, 15) is 4.79 Å². The molecule has 0 radical (unpaired) electrons. The van der Waals surface area contributed by atoms with Gasteiger partial charge in [0.25, 0.3) is 5.91 Å². The molecule has 0 N–H and O–H groups in total. The quantitative estimate of drug-likeness (QED) is 0.435. The summed E-state index contributed by atoms with van der Waals surface area (Å²) in [5.41, 5.74) is 7.72. The van der Waals surface area contributed by atoms with Gasteiger partial charge in [0.15, 0.2) is 5.69 Å². The standard InChI is InChI=1S/C28H30N6O2/c1-20-25(30-24-10-6-5-9-23(24)29-20)19-32-12-11-26-22(18-32)27(28(35)33-13-15-36-16-14-33)31-34(26)17-21-7-3-2-4-8-21/h2-10H,11-19H2,1H3. The highest BCUT2D eigenvalue weighted by Gasteiger charge is 2.31. The highest BCUT2D eigenvalue weighted by Crippen LogP contribution is 2.26. The lowest BCUT2D eigenvalue weighted by atomic mass is 10.0. The van der Waals surface area contributed by atoms with Gasteiger partial charge in [0.2, 0.25) is 0 Å². The summed E-state index contributed by atoms with van der Waals surface area (Å²) in [5, 5.41) is 4.89. The molecule has 4 heterocycles. The summed E-state index contributed by atoms with van der Waals surface area (Å²) < 4.78 is 7.51. The van der Waals surface area contributed by atoms with Gasteiger partial charge in [0.05, 0.1) is 42.2 Å². The van der Waals surface area contributed by atoms with Crippen LogP contribution in [0.4, 0.5) is 0 Å². The van der Waals surface area contributed by atoms with Gasteiger partial charge in [-0.1, -0.05) is 42.5 Å². The molecular weight excluding hydrogens is 452 g/mol. The van der Waals surface area contributed by atoms with Crippen LogP contribution in [0.3, 0.4) is 0 Å². The van der Waals surface area contributed by atoms with E-state index in [1.165, 1.54) is 5.56 Å². The molecule has 0 atom stereocenters. The minimum Gasteiger partial charge on any atom is -0.378 e. The Labute approximate surface area is 210 Å². The number of morpholine rings is 1. The molecule has 1 amide bonds. The van der Waals surface area contributed by atoms with Crippen molar-refractivity contribution >= 4 is 16.9 Å². The molecule has 36 heavy (non-hydrogen) atoms. The molecular formula is C28H30N6O2. The number of aromatic nitrogens is 4. The number of aryl methyl sites for hydroxylation is 1. The molecule has 0 saturated carbocycles. The average molecular weight is 483 g/mol. The summed E-state index contributed by atoms with van der Waals surface area (Å²) in [6.07, 6.45) is 0.839. The first kappa shape index (κ1) is 22.8. The molecule has 8 nitrogen and oxygen atoms in total. The predicted molar refractivity (Wildman–Crippen MR) is 137 cm³/mol. The van der Waals surface area contributed by atoms with Crippen molar-refractivity contribution < 1.29 is 9.53 Å². The van der Waals surface area contributed by atoms with Crippen LogP contribution in [-0.2, 0) is 30.8 Å². The van der Waals surface area contributed by atoms with Gasteiger partial charge in [-0.25, -0.2) is 9.97 Å². The van der Waals surface area contributed by atoms with Gasteiger partial charge in [-0.2, -0.15) is 5.10 Å². The second-order valence-electron chi connectivity index (χ2n) is 9.53. The number of para-hydroxylation sites is 2. The molecule has 2 aliphatic heterocycles. The van der Waals surface area contributed by atoms with Crippen LogP contribution in [0.2, 0.25) is 0 Å². The Bertz CT molecular complexity index is 1390. The Balaban J connectivity index is 1.31. The Morgan fingerprint density at radius 3 is 2.42 bits per heavy atom. The van der Waals surface area contributed by atoms with Crippen LogP contribution in [0.5, 0.6) is 0 Å². The third-order valence-corrected chi connectivity index (χ3v) is 7.11. The molecule has 2 aliphatic rings. The molecule has 184 valence electrons. The van der Waals surface area contributed by atoms with E-state index < -0.39 is 0 Å². The first-order valence-electron chi connectivity index (χ1n) is 12.6. The van der Waals surface area contributed by atoms with Crippen molar-refractivity contribution in [2.45, 2.75) is 33.0 Å². The minimum atomic E-state index is 0.00453. The molecule has 0 bridgehead atoms. The number of carbonyl (C=O) groups is 1. The van der Waals surface area contributed by atoms with Crippen molar-refractivity contribution in [3.8, 4) is 0 Å². The van der Waals surface area contributed by atoms with Crippen LogP contribution in [-0.4, -0.2) is 68.3 Å². The molecule has 8 heteroatoms. The largest absolute Gasteiger partial charge is 0.378 e. The van der Waals surface area contributed by atoms with Crippen LogP contribution in [0.15, 0.2) is 54.6 Å². The number of amides is 1. The van der Waals surface area contributed by atoms with Crippen LogP contribution in [0.25, 0.3) is 11.0 Å². The maximum Gasteiger partial charge on any atom is 0.274 e. The number of benzene rings is 2. The van der Waals surface area contributed by atoms with Gasteiger partial charge >= 0.3 is 0 Å². The Hall–Kier alpha value is -3.62. The lowest BCUT2D eigenvalue weighted by molar-refractivity contribution is 0.0297. The van der Waals surface area contributed by atoms with Crippen molar-refractivity contribution in [1.82, 2.24) is 29.5 Å². The topological polar surface area (TPSA) is 76.4 Å². The minimum absolute atomic E-state index is 0.00453. The van der Waals surface area contributed by atoms with Crippen LogP contribution < -0.4 is 0 Å². The number of rotatable bonds is 5. The molecule has 1 fully saturated rings. The van der Waals surface area contributed by atoms with Crippen molar-refractivity contribution in [1.29, 1.82) is 0 Å². The van der Waals surface area contributed by atoms with Crippen LogP contribution in [0.1, 0.15) is 38.7 Å². The van der Waals surface area contributed by atoms with E-state index >= 15 is 0 Å². The third kappa shape index (κ3) is 4.50. The average Bonchev–Trinajstić information content (AvgIpc) is 3.27. The van der Waals surface area contributed by atoms with Gasteiger partial charge in [0.1, 0.15) is 0 Å². The SMILES string of the molecule is Cc1nc2ccccc2nc1CN1CCc2c(c(C(=O)N3CCOCC3)nn2Cc2ccccc2)C1. The zero-order chi connectivity index (χ0) is 24.5. The third-order valence-electron chi connectivity index (χ3n) is 7.11. The number of ether oxygens (including phenoxy) is 1. The zero-order valence-electron chi connectivity index (χ0n) is 20.6. The normalized spacial score (nSPS) is 16.3. The Morgan fingerprint density at radius 2 is 1.64 bits per heavy atom. The number of carbonyl (C=O) groups excluding carboxylic acids is 1. The predicted octanol–water partition coefficient (Wildman–Crippen LogP) is 3.21. The fourth-order valence-corrected chi connectivity index (χ4v) is 5.14. The lowest BCUT2D eigenvalue weighted by Gasteiger charge is -2.29. The van der Waals surface area contributed by atoms with Crippen molar-refractivity contribution in [3.05, 3.63) is 88.5 Å². The summed E-state index contributed by atoms with van der Waals surface area (Å²) in [5.74, 6) is 0.00453. The molecule has 0 aliphatic carbocycles. The lowest BCUT2D eigenvalue weighted by Crippen LogP contribution is -2.41. The van der Waals surface area contributed by atoms with Crippen LogP contribution in [0, 0.1) is 6.92 Å². The molecule has 0 unspecified atom stereocenters. The van der Waals surface area contributed by atoms with E-state index in [1.54, 1.807) is 0 Å². The van der Waals surface area contributed by atoms with Crippen molar-refractivity contribution in [2.75, 3.05) is 32.8 Å². The zero-order valence-corrected chi connectivity index (χ0v) is 20.6. The van der Waals surface area contributed by atoms with Gasteiger partial charge in [-0.05, 0) is 24.6 Å². The van der Waals surface area contributed by atoms with Crippen LogP contribution >= 0.6 is 0 Å². The Morgan fingerprint density at radius 1 is 0.917 bits per heavy atom. The summed E-state index contributed by atoms with van der Waals surface area (Å²) in [4.78, 5) is 27.5. The van der Waals surface area contributed by atoms with E-state index in [0.717, 1.165) is 46.6 Å². The molecule has 0 spiro atoms. The first-order valence-corrected chi connectivity index (χ1v) is 12.6. The van der Waals surface area contributed by atoms with Crippen molar-refractivity contribution in [3.63, 3.8) is 0 Å². The summed E-state index contributed by atoms with van der Waals surface area (Å²) in [7, 11) is 0. The second-order valence-corrected chi connectivity index (χ2v) is 9.53. The molecule has 2 aromatic carbocycles. The van der Waals surface area contributed by atoms with Crippen molar-refractivity contribution in [2.24, 2.45) is 0 Å². The maximum absolute atomic E-state index is 13.6. The number of fused-ring (bicyclic) bond motifs is 2. The van der Waals surface area contributed by atoms with E-state index in [1.807, 2.05) is 59.0 Å². The fourth-order valence-electron chi connectivity index (χ4n) is 5.14. The summed E-state index contributed by atoms with van der Waals surface area (Å²) >= 11 is 0. The number of hydrogen-bond acceptors (Lipinski definition) is 6. The molecule has 1 saturated heterocycles. The highest BCUT2D eigenvalue weighted by molar-refractivity contribution is 5.94. The summed E-state index contributed by atoms with van der Waals surface area (Å²) in [6, 6.07) is 18.3. The van der Waals surface area contributed by atoms with E-state index in [0.29, 0.717) is 51.6 Å². The summed E-state index contributed by atoms with van der Waals surface area (Å²) in [6.45, 7) is 7.29. The van der Waals surface area contributed by atoms with E-state index in [4.69, 9.17) is 19.8 Å². The smallest absolute Gasteiger partial charge is 0.274 e. The number of nitrogens with zero attached hydrogens (tertiary/aromatic N) is 6. The molecule has 2 aromatic heterocycles. The Kier molecular flexibility index (Phi) is 6.21. The fraction of sp³-hybridized carbons (Fsp3) is 0.357. The molecule has 4 aromatic rings. The molecule has 6 rings (SSSR count). The van der Waals surface area contributed by atoms with Gasteiger partial charge < -0.3 is 9.64 Å². The van der Waals surface area contributed by atoms with E-state index in [-0.39, 0.29) is 5.91 Å². The first-order chi connectivity index (χ1) is 17.7. The monoisotopic (exact) mass is 482 g/mol. The van der Waals surface area contributed by atoms with Gasteiger partial charge in [0, 0.05) is 50.4 Å². The van der Waals surface area contributed by atoms with Gasteiger partial charge in [-0.15, -0.1) is 0 Å². The highest BCUT2D eigenvalue weighted by atomic mass is 16.5. The van der Waals surface area contributed by atoms with Gasteiger partial charge in [-0.3, -0.25) is 14.4 Å². The maximum atomic E-state index is 13.6.